The summed E-state index contributed by atoms with van der Waals surface area (Å²) in [5.74, 6) is 0. The molecule has 2 N–H and O–H groups in total. The first-order valence-corrected chi connectivity index (χ1v) is 7.32. The van der Waals surface area contributed by atoms with Gasteiger partial charge < -0.3 is 10.6 Å². The van der Waals surface area contributed by atoms with E-state index in [2.05, 4.69) is 28.7 Å². The molecule has 5 nitrogen and oxygen atoms in total. The number of hydrogen-bond donors (Lipinski definition) is 1. The zero-order chi connectivity index (χ0) is 13.8. The number of nitrogens with two attached hydrogens (primary N) is 1. The fourth-order valence-electron chi connectivity index (χ4n) is 2.93. The molecule has 5 heteroatoms. The number of piperazine rings is 1. The molecule has 1 aromatic rings. The van der Waals surface area contributed by atoms with Crippen molar-refractivity contribution in [3.05, 3.63) is 17.5 Å². The fraction of sp³-hybridized carbons (Fsp3) is 0.786. The fourth-order valence-corrected chi connectivity index (χ4v) is 2.93. The Labute approximate surface area is 116 Å². The average Bonchev–Trinajstić information content (AvgIpc) is 2.74. The second kappa shape index (κ2) is 6.50. The molecule has 1 aromatic heterocycles. The predicted octanol–water partition coefficient (Wildman–Crippen LogP) is 0.756. The Kier molecular flexibility index (Phi) is 4.96. The topological polar surface area (TPSA) is 50.3 Å². The summed E-state index contributed by atoms with van der Waals surface area (Å²) in [4.78, 5) is 5.05. The molecule has 0 spiro atoms. The molecule has 108 valence electrons. The number of aryl methyl sites for hydroxylation is 1. The van der Waals surface area contributed by atoms with Gasteiger partial charge in [-0.3, -0.25) is 9.58 Å². The van der Waals surface area contributed by atoms with E-state index in [1.54, 1.807) is 0 Å². The third-order valence-corrected chi connectivity index (χ3v) is 4.24. The zero-order valence-corrected chi connectivity index (χ0v) is 12.5. The lowest BCUT2D eigenvalue weighted by Crippen LogP contribution is -2.49. The Morgan fingerprint density at radius 2 is 2.00 bits per heavy atom. The van der Waals surface area contributed by atoms with Crippen LogP contribution in [-0.4, -0.2) is 58.8 Å². The average molecular weight is 265 g/mol. The highest BCUT2D eigenvalue weighted by Gasteiger charge is 2.25. The van der Waals surface area contributed by atoms with Crippen LogP contribution in [0.5, 0.6) is 0 Å². The summed E-state index contributed by atoms with van der Waals surface area (Å²) in [5, 5.41) is 4.35. The highest BCUT2D eigenvalue weighted by Crippen LogP contribution is 2.23. The van der Waals surface area contributed by atoms with E-state index < -0.39 is 0 Å². The lowest BCUT2D eigenvalue weighted by Gasteiger charge is -2.38. The van der Waals surface area contributed by atoms with Gasteiger partial charge in [-0.05, 0) is 19.9 Å². The van der Waals surface area contributed by atoms with Crippen LogP contribution in [0.15, 0.2) is 6.20 Å². The highest BCUT2D eigenvalue weighted by molar-refractivity contribution is 5.21. The van der Waals surface area contributed by atoms with Crippen LogP contribution in [0.2, 0.25) is 0 Å². The van der Waals surface area contributed by atoms with Gasteiger partial charge >= 0.3 is 0 Å². The number of hydrogen-bond acceptors (Lipinski definition) is 4. The van der Waals surface area contributed by atoms with E-state index in [9.17, 15) is 0 Å². The second-order valence-electron chi connectivity index (χ2n) is 5.44. The first kappa shape index (κ1) is 14.5. The Morgan fingerprint density at radius 3 is 2.47 bits per heavy atom. The Bertz CT molecular complexity index is 393. The molecule has 0 aromatic carbocycles. The van der Waals surface area contributed by atoms with E-state index in [1.807, 2.05) is 17.9 Å². The molecule has 0 saturated carbocycles. The number of nitrogens with zero attached hydrogens (tertiary/aromatic N) is 4. The molecule has 1 aliphatic rings. The molecule has 2 rings (SSSR count). The third-order valence-electron chi connectivity index (χ3n) is 4.24. The van der Waals surface area contributed by atoms with Gasteiger partial charge in [0.15, 0.2) is 0 Å². The van der Waals surface area contributed by atoms with Gasteiger partial charge in [-0.15, -0.1) is 0 Å². The van der Waals surface area contributed by atoms with Crippen LogP contribution < -0.4 is 5.73 Å². The molecule has 0 radical (unpaired) electrons. The summed E-state index contributed by atoms with van der Waals surface area (Å²) >= 11 is 0. The molecule has 2 heterocycles. The summed E-state index contributed by atoms with van der Waals surface area (Å²) in [5.41, 5.74) is 8.53. The van der Waals surface area contributed by atoms with E-state index in [4.69, 9.17) is 5.73 Å². The quantitative estimate of drug-likeness (QED) is 0.854. The van der Waals surface area contributed by atoms with Crippen LogP contribution in [0.4, 0.5) is 0 Å². The monoisotopic (exact) mass is 265 g/mol. The summed E-state index contributed by atoms with van der Waals surface area (Å²) in [6.07, 6.45) is 3.22. The minimum absolute atomic E-state index is 0.317. The van der Waals surface area contributed by atoms with Gasteiger partial charge in [-0.1, -0.05) is 6.92 Å². The predicted molar refractivity (Wildman–Crippen MR) is 78.0 cm³/mol. The first-order chi connectivity index (χ1) is 9.17. The van der Waals surface area contributed by atoms with Gasteiger partial charge in [0.25, 0.3) is 0 Å². The first-order valence-electron chi connectivity index (χ1n) is 7.32. The summed E-state index contributed by atoms with van der Waals surface area (Å²) in [6, 6.07) is 0.317. The largest absolute Gasteiger partial charge is 0.329 e. The van der Waals surface area contributed by atoms with E-state index in [1.165, 1.54) is 24.2 Å². The van der Waals surface area contributed by atoms with Crippen LogP contribution >= 0.6 is 0 Å². The maximum Gasteiger partial charge on any atom is 0.0540 e. The van der Waals surface area contributed by atoms with Gasteiger partial charge in [-0.25, -0.2) is 0 Å². The van der Waals surface area contributed by atoms with Crippen LogP contribution in [0.1, 0.15) is 30.6 Å². The zero-order valence-electron chi connectivity index (χ0n) is 12.5. The summed E-state index contributed by atoms with van der Waals surface area (Å²) in [6.45, 7) is 10.8. The lowest BCUT2D eigenvalue weighted by molar-refractivity contribution is 0.0983. The Morgan fingerprint density at radius 1 is 1.32 bits per heavy atom. The molecule has 1 atom stereocenters. The molecule has 1 saturated heterocycles. The van der Waals surface area contributed by atoms with E-state index in [-0.39, 0.29) is 0 Å². The minimum Gasteiger partial charge on any atom is -0.329 e. The van der Waals surface area contributed by atoms with E-state index >= 15 is 0 Å². The van der Waals surface area contributed by atoms with Crippen LogP contribution in [0.25, 0.3) is 0 Å². The minimum atomic E-state index is 0.317. The number of rotatable bonds is 5. The van der Waals surface area contributed by atoms with Gasteiger partial charge in [-0.2, -0.15) is 5.10 Å². The molecular formula is C14H27N5. The van der Waals surface area contributed by atoms with Crippen molar-refractivity contribution in [3.8, 4) is 0 Å². The van der Waals surface area contributed by atoms with Gasteiger partial charge in [0, 0.05) is 51.0 Å². The maximum atomic E-state index is 6.01. The van der Waals surface area contributed by atoms with Crippen molar-refractivity contribution in [2.45, 2.75) is 26.3 Å². The van der Waals surface area contributed by atoms with Crippen LogP contribution in [-0.2, 0) is 7.05 Å². The van der Waals surface area contributed by atoms with E-state index in [0.29, 0.717) is 12.6 Å². The molecule has 1 aliphatic heterocycles. The van der Waals surface area contributed by atoms with Gasteiger partial charge in [0.05, 0.1) is 12.2 Å². The molecule has 0 aliphatic carbocycles. The van der Waals surface area contributed by atoms with Crippen molar-refractivity contribution in [1.29, 1.82) is 0 Å². The van der Waals surface area contributed by atoms with E-state index in [0.717, 1.165) is 26.2 Å². The lowest BCUT2D eigenvalue weighted by atomic mass is 10.1. The van der Waals surface area contributed by atoms with Crippen LogP contribution in [0.3, 0.4) is 0 Å². The maximum absolute atomic E-state index is 6.01. The standard InChI is InChI=1S/C14H27N5/c1-4-5-18-6-8-19(9-7-18)14(10-15)13-11-16-17(3)12(13)2/h11,14H,4-10,15H2,1-3H3. The number of aromatic nitrogens is 2. The molecule has 0 amide bonds. The Hall–Kier alpha value is -0.910. The molecule has 1 unspecified atom stereocenters. The molecule has 19 heavy (non-hydrogen) atoms. The van der Waals surface area contributed by atoms with Gasteiger partial charge in [0.1, 0.15) is 0 Å². The summed E-state index contributed by atoms with van der Waals surface area (Å²) in [7, 11) is 1.99. The molecular weight excluding hydrogens is 238 g/mol. The van der Waals surface area contributed by atoms with Crippen molar-refractivity contribution in [1.82, 2.24) is 19.6 Å². The van der Waals surface area contributed by atoms with Crippen molar-refractivity contribution < 1.29 is 0 Å². The summed E-state index contributed by atoms with van der Waals surface area (Å²) < 4.78 is 1.94. The second-order valence-corrected chi connectivity index (χ2v) is 5.44. The Balaban J connectivity index is 2.02. The molecule has 1 fully saturated rings. The normalized spacial score (nSPS) is 19.8. The van der Waals surface area contributed by atoms with Crippen molar-refractivity contribution in [2.24, 2.45) is 12.8 Å². The van der Waals surface area contributed by atoms with Crippen molar-refractivity contribution >= 4 is 0 Å². The smallest absolute Gasteiger partial charge is 0.0540 e. The van der Waals surface area contributed by atoms with Crippen molar-refractivity contribution in [3.63, 3.8) is 0 Å². The third kappa shape index (κ3) is 3.16. The highest BCUT2D eigenvalue weighted by atomic mass is 15.3. The van der Waals surface area contributed by atoms with Gasteiger partial charge in [0.2, 0.25) is 0 Å². The van der Waals surface area contributed by atoms with Crippen molar-refractivity contribution in [2.75, 3.05) is 39.3 Å². The van der Waals surface area contributed by atoms with Crippen LogP contribution in [0, 0.1) is 6.92 Å². The molecule has 0 bridgehead atoms. The SMILES string of the molecule is CCCN1CCN(C(CN)c2cnn(C)c2C)CC1.